The molecule has 0 spiro atoms. The van der Waals surface area contributed by atoms with Gasteiger partial charge in [0.15, 0.2) is 0 Å². The molecule has 1 aliphatic rings. The molecule has 4 rings (SSSR count). The molecule has 156 valence electrons. The number of anilines is 1. The number of ether oxygens (including phenoxy) is 1. The van der Waals surface area contributed by atoms with Crippen LogP contribution < -0.4 is 10.1 Å². The minimum absolute atomic E-state index is 0.0641. The van der Waals surface area contributed by atoms with Crippen molar-refractivity contribution in [3.63, 3.8) is 0 Å². The van der Waals surface area contributed by atoms with Gasteiger partial charge in [-0.25, -0.2) is 8.42 Å². The normalized spacial score (nSPS) is 14.0. The van der Waals surface area contributed by atoms with Crippen LogP contribution in [-0.2, 0) is 10.0 Å². The lowest BCUT2D eigenvalue weighted by Gasteiger charge is -2.16. The van der Waals surface area contributed by atoms with Gasteiger partial charge < -0.3 is 9.15 Å². The molecule has 9 nitrogen and oxygen atoms in total. The van der Waals surface area contributed by atoms with Crippen molar-refractivity contribution in [1.29, 1.82) is 0 Å². The van der Waals surface area contributed by atoms with Gasteiger partial charge in [0, 0.05) is 24.2 Å². The lowest BCUT2D eigenvalue weighted by atomic mass is 10.2. The topological polar surface area (TPSA) is 115 Å². The average Bonchev–Trinajstić information content (AvgIpc) is 3.51. The van der Waals surface area contributed by atoms with Gasteiger partial charge in [-0.3, -0.25) is 10.1 Å². The van der Waals surface area contributed by atoms with Crippen molar-refractivity contribution in [1.82, 2.24) is 14.5 Å². The Morgan fingerprint density at radius 1 is 1.17 bits per heavy atom. The molecule has 1 aromatic heterocycles. The SMILES string of the molecule is COc1cccc(-c2nnc(NC(=O)c3ccc(S(=O)(=O)N(C)C4CC4)cc3)o2)c1. The first kappa shape index (κ1) is 20.0. The lowest BCUT2D eigenvalue weighted by Crippen LogP contribution is -2.29. The van der Waals surface area contributed by atoms with E-state index >= 15 is 0 Å². The Bertz CT molecular complexity index is 1170. The van der Waals surface area contributed by atoms with Crippen LogP contribution in [-0.4, -0.2) is 49.0 Å². The highest BCUT2D eigenvalue weighted by atomic mass is 32.2. The Balaban J connectivity index is 1.46. The quantitative estimate of drug-likeness (QED) is 0.615. The second-order valence-corrected chi connectivity index (χ2v) is 8.87. The summed E-state index contributed by atoms with van der Waals surface area (Å²) in [6.07, 6.45) is 1.75. The molecule has 0 bridgehead atoms. The highest BCUT2D eigenvalue weighted by molar-refractivity contribution is 7.89. The number of methoxy groups -OCH3 is 1. The molecule has 2 aromatic carbocycles. The van der Waals surface area contributed by atoms with Crippen LogP contribution >= 0.6 is 0 Å². The predicted octanol–water partition coefficient (Wildman–Crippen LogP) is 2.78. The Morgan fingerprint density at radius 2 is 1.90 bits per heavy atom. The third kappa shape index (κ3) is 4.05. The second-order valence-electron chi connectivity index (χ2n) is 6.88. The number of hydrogen-bond acceptors (Lipinski definition) is 7. The van der Waals surface area contributed by atoms with E-state index in [0.29, 0.717) is 11.3 Å². The monoisotopic (exact) mass is 428 g/mol. The van der Waals surface area contributed by atoms with E-state index in [1.807, 2.05) is 0 Å². The van der Waals surface area contributed by atoms with Crippen molar-refractivity contribution in [2.45, 2.75) is 23.8 Å². The summed E-state index contributed by atoms with van der Waals surface area (Å²) in [7, 11) is -0.432. The number of hydrogen-bond donors (Lipinski definition) is 1. The Morgan fingerprint density at radius 3 is 2.57 bits per heavy atom. The zero-order valence-electron chi connectivity index (χ0n) is 16.4. The molecular formula is C20H20N4O5S. The van der Waals surface area contributed by atoms with E-state index in [0.717, 1.165) is 12.8 Å². The van der Waals surface area contributed by atoms with Crippen LogP contribution in [0, 0.1) is 0 Å². The van der Waals surface area contributed by atoms with E-state index in [4.69, 9.17) is 9.15 Å². The summed E-state index contributed by atoms with van der Waals surface area (Å²) < 4.78 is 37.1. The van der Waals surface area contributed by atoms with Gasteiger partial charge >= 0.3 is 6.01 Å². The van der Waals surface area contributed by atoms with Gasteiger partial charge in [-0.15, -0.1) is 5.10 Å². The van der Waals surface area contributed by atoms with Crippen molar-refractivity contribution in [2.75, 3.05) is 19.5 Å². The van der Waals surface area contributed by atoms with Gasteiger partial charge in [-0.05, 0) is 55.3 Å². The molecule has 0 radical (unpaired) electrons. The molecule has 1 aliphatic carbocycles. The van der Waals surface area contributed by atoms with E-state index in [1.54, 1.807) is 38.4 Å². The first-order valence-electron chi connectivity index (χ1n) is 9.26. The van der Waals surface area contributed by atoms with E-state index in [9.17, 15) is 13.2 Å². The number of amides is 1. The van der Waals surface area contributed by atoms with Gasteiger partial charge in [0.1, 0.15) is 5.75 Å². The van der Waals surface area contributed by atoms with Crippen molar-refractivity contribution in [2.24, 2.45) is 0 Å². The Labute approximate surface area is 173 Å². The third-order valence-corrected chi connectivity index (χ3v) is 6.74. The second kappa shape index (κ2) is 7.88. The molecule has 1 saturated carbocycles. The van der Waals surface area contributed by atoms with Crippen LogP contribution in [0.25, 0.3) is 11.5 Å². The molecule has 0 atom stereocenters. The Hall–Kier alpha value is -3.24. The van der Waals surface area contributed by atoms with Crippen molar-refractivity contribution in [3.8, 4) is 17.2 Å². The summed E-state index contributed by atoms with van der Waals surface area (Å²) in [5.74, 6) is 0.378. The van der Waals surface area contributed by atoms with Crippen LogP contribution in [0.1, 0.15) is 23.2 Å². The maximum absolute atomic E-state index is 12.6. The Kier molecular flexibility index (Phi) is 5.27. The van der Waals surface area contributed by atoms with Crippen molar-refractivity contribution >= 4 is 21.9 Å². The molecule has 1 heterocycles. The van der Waals surface area contributed by atoms with Gasteiger partial charge in [0.25, 0.3) is 5.91 Å². The van der Waals surface area contributed by atoms with E-state index < -0.39 is 15.9 Å². The molecule has 0 unspecified atom stereocenters. The summed E-state index contributed by atoms with van der Waals surface area (Å²) in [5.41, 5.74) is 0.917. The summed E-state index contributed by atoms with van der Waals surface area (Å²) in [6.45, 7) is 0. The van der Waals surface area contributed by atoms with E-state index in [2.05, 4.69) is 15.5 Å². The zero-order chi connectivity index (χ0) is 21.3. The highest BCUT2D eigenvalue weighted by Crippen LogP contribution is 2.30. The number of nitrogens with one attached hydrogen (secondary N) is 1. The summed E-state index contributed by atoms with van der Waals surface area (Å²) in [6, 6.07) is 12.8. The molecule has 1 fully saturated rings. The van der Waals surface area contributed by atoms with Crippen LogP contribution in [0.5, 0.6) is 5.75 Å². The summed E-state index contributed by atoms with van der Waals surface area (Å²) >= 11 is 0. The fourth-order valence-corrected chi connectivity index (χ4v) is 4.31. The van der Waals surface area contributed by atoms with Crippen molar-refractivity contribution < 1.29 is 22.4 Å². The highest BCUT2D eigenvalue weighted by Gasteiger charge is 2.35. The molecule has 1 amide bonds. The fraction of sp³-hybridized carbons (Fsp3) is 0.250. The number of sulfonamides is 1. The molecule has 30 heavy (non-hydrogen) atoms. The van der Waals surface area contributed by atoms with Crippen LogP contribution in [0.3, 0.4) is 0 Å². The summed E-state index contributed by atoms with van der Waals surface area (Å²) in [4.78, 5) is 12.6. The predicted molar refractivity (Wildman–Crippen MR) is 109 cm³/mol. The average molecular weight is 428 g/mol. The van der Waals surface area contributed by atoms with Gasteiger partial charge in [-0.2, -0.15) is 4.31 Å². The smallest absolute Gasteiger partial charge is 0.322 e. The van der Waals surface area contributed by atoms with Gasteiger partial charge in [0.2, 0.25) is 15.9 Å². The fourth-order valence-electron chi connectivity index (χ4n) is 2.89. The first-order chi connectivity index (χ1) is 14.4. The first-order valence-corrected chi connectivity index (χ1v) is 10.7. The van der Waals surface area contributed by atoms with Crippen molar-refractivity contribution in [3.05, 3.63) is 54.1 Å². The number of aromatic nitrogens is 2. The van der Waals surface area contributed by atoms with E-state index in [-0.39, 0.29) is 28.4 Å². The number of rotatable bonds is 7. The van der Waals surface area contributed by atoms with Crippen LogP contribution in [0.4, 0.5) is 6.01 Å². The number of carbonyl (C=O) groups excluding carboxylic acids is 1. The number of nitrogens with zero attached hydrogens (tertiary/aromatic N) is 3. The molecule has 10 heteroatoms. The third-order valence-electron chi connectivity index (χ3n) is 4.82. The lowest BCUT2D eigenvalue weighted by molar-refractivity contribution is 0.102. The standard InChI is InChI=1S/C20H20N4O5S/c1-24(15-8-9-15)30(26,27)17-10-6-13(7-11-17)18(25)21-20-23-22-19(29-20)14-4-3-5-16(12-14)28-2/h3-7,10-12,15H,8-9H2,1-2H3,(H,21,23,25). The van der Waals surface area contributed by atoms with E-state index in [1.165, 1.54) is 28.6 Å². The maximum Gasteiger partial charge on any atom is 0.322 e. The number of carbonyl (C=O) groups is 1. The minimum Gasteiger partial charge on any atom is -0.497 e. The van der Waals surface area contributed by atoms with Gasteiger partial charge in [0.05, 0.1) is 12.0 Å². The zero-order valence-corrected chi connectivity index (χ0v) is 17.2. The summed E-state index contributed by atoms with van der Waals surface area (Å²) in [5, 5.41) is 10.3. The van der Waals surface area contributed by atoms with Crippen LogP contribution in [0.15, 0.2) is 57.8 Å². The van der Waals surface area contributed by atoms with Gasteiger partial charge in [-0.1, -0.05) is 11.2 Å². The molecule has 3 aromatic rings. The molecular weight excluding hydrogens is 408 g/mol. The number of benzene rings is 2. The largest absolute Gasteiger partial charge is 0.497 e. The molecule has 0 aliphatic heterocycles. The molecule has 1 N–H and O–H groups in total. The van der Waals surface area contributed by atoms with Crippen LogP contribution in [0.2, 0.25) is 0 Å². The minimum atomic E-state index is -3.56. The molecule has 0 saturated heterocycles. The maximum atomic E-state index is 12.6.